The lowest BCUT2D eigenvalue weighted by Crippen LogP contribution is -2.11. The van der Waals surface area contributed by atoms with Gasteiger partial charge in [0.15, 0.2) is 0 Å². The van der Waals surface area contributed by atoms with Crippen molar-refractivity contribution in [1.29, 1.82) is 0 Å². The van der Waals surface area contributed by atoms with Crippen LogP contribution in [0.4, 0.5) is 5.69 Å². The maximum Gasteiger partial charge on any atom is 0.370 e. The fraction of sp³-hybridized carbons (Fsp3) is 0.111. The molecule has 0 radical (unpaired) electrons. The highest BCUT2D eigenvalue weighted by molar-refractivity contribution is 6.82. The Labute approximate surface area is 96.8 Å². The summed E-state index contributed by atoms with van der Waals surface area (Å²) in [7, 11) is 1.22. The Balaban J connectivity index is 2.72. The topological polar surface area (TPSA) is 50.7 Å². The molecule has 1 aromatic carbocycles. The second kappa shape index (κ2) is 5.58. The van der Waals surface area contributed by atoms with Crippen LogP contribution in [0.5, 0.6) is 0 Å². The molecular weight excluding hydrogens is 239 g/mol. The number of carbonyl (C=O) groups excluding carboxylic acids is 1. The Morgan fingerprint density at radius 1 is 1.47 bits per heavy atom. The molecule has 0 spiro atoms. The van der Waals surface area contributed by atoms with E-state index in [-0.39, 0.29) is 5.17 Å². The first-order chi connectivity index (χ1) is 7.15. The summed E-state index contributed by atoms with van der Waals surface area (Å²) >= 11 is 11.3. The molecule has 6 heteroatoms. The van der Waals surface area contributed by atoms with Crippen molar-refractivity contribution in [3.63, 3.8) is 0 Å². The molecular formula is C9H8Cl2N2O2. The van der Waals surface area contributed by atoms with Crippen LogP contribution in [-0.4, -0.2) is 18.2 Å². The third-order valence-corrected chi connectivity index (χ3v) is 2.07. The number of ether oxygens (including phenoxy) is 1. The van der Waals surface area contributed by atoms with Crippen molar-refractivity contribution in [2.45, 2.75) is 0 Å². The summed E-state index contributed by atoms with van der Waals surface area (Å²) in [4.78, 5) is 10.9. The molecule has 80 valence electrons. The zero-order chi connectivity index (χ0) is 11.3. The highest BCUT2D eigenvalue weighted by atomic mass is 35.5. The molecule has 0 aliphatic carbocycles. The van der Waals surface area contributed by atoms with Crippen molar-refractivity contribution in [1.82, 2.24) is 0 Å². The Kier molecular flexibility index (Phi) is 4.39. The van der Waals surface area contributed by atoms with E-state index in [1.54, 1.807) is 24.3 Å². The van der Waals surface area contributed by atoms with Gasteiger partial charge in [-0.3, -0.25) is 5.43 Å². The maximum atomic E-state index is 10.9. The number of halogens is 2. The number of esters is 1. The van der Waals surface area contributed by atoms with Gasteiger partial charge >= 0.3 is 5.97 Å². The molecule has 0 saturated heterocycles. The fourth-order valence-corrected chi connectivity index (χ4v) is 1.09. The summed E-state index contributed by atoms with van der Waals surface area (Å²) in [6, 6.07) is 6.94. The highest BCUT2D eigenvalue weighted by Crippen LogP contribution is 2.20. The minimum Gasteiger partial charge on any atom is -0.464 e. The number of nitrogens with one attached hydrogen (secondary N) is 1. The SMILES string of the molecule is COC(=O)C(Cl)=NNc1ccccc1Cl. The van der Waals surface area contributed by atoms with Gasteiger partial charge in [-0.15, -0.1) is 0 Å². The number of methoxy groups -OCH3 is 1. The predicted molar refractivity (Wildman–Crippen MR) is 60.4 cm³/mol. The van der Waals surface area contributed by atoms with Gasteiger partial charge in [0.25, 0.3) is 0 Å². The molecule has 0 aromatic heterocycles. The molecule has 0 atom stereocenters. The minimum atomic E-state index is -0.712. The number of rotatable bonds is 3. The van der Waals surface area contributed by atoms with Crippen LogP contribution >= 0.6 is 23.2 Å². The molecule has 0 fully saturated rings. The summed E-state index contributed by atoms with van der Waals surface area (Å²) in [5.74, 6) is -0.712. The first-order valence-electron chi connectivity index (χ1n) is 3.97. The van der Waals surface area contributed by atoms with Gasteiger partial charge in [-0.1, -0.05) is 35.3 Å². The summed E-state index contributed by atoms with van der Waals surface area (Å²) < 4.78 is 4.36. The van der Waals surface area contributed by atoms with Crippen LogP contribution in [0.3, 0.4) is 0 Å². The van der Waals surface area contributed by atoms with E-state index in [1.165, 1.54) is 7.11 Å². The Morgan fingerprint density at radius 3 is 2.73 bits per heavy atom. The zero-order valence-corrected chi connectivity index (χ0v) is 9.34. The first kappa shape index (κ1) is 11.8. The van der Waals surface area contributed by atoms with Crippen molar-refractivity contribution in [2.24, 2.45) is 5.10 Å². The van der Waals surface area contributed by atoms with E-state index in [0.717, 1.165) is 0 Å². The van der Waals surface area contributed by atoms with Gasteiger partial charge in [0.2, 0.25) is 5.17 Å². The highest BCUT2D eigenvalue weighted by Gasteiger charge is 2.07. The lowest BCUT2D eigenvalue weighted by molar-refractivity contribution is -0.132. The van der Waals surface area contributed by atoms with Crippen molar-refractivity contribution >= 4 is 40.0 Å². The second-order valence-corrected chi connectivity index (χ2v) is 3.25. The summed E-state index contributed by atoms with van der Waals surface area (Å²) in [6.45, 7) is 0. The van der Waals surface area contributed by atoms with Crippen LogP contribution in [0.25, 0.3) is 0 Å². The Hall–Kier alpha value is -1.26. The Bertz CT molecular complexity index is 393. The van der Waals surface area contributed by atoms with E-state index >= 15 is 0 Å². The number of hydrogen-bond donors (Lipinski definition) is 1. The molecule has 0 bridgehead atoms. The van der Waals surface area contributed by atoms with E-state index in [9.17, 15) is 4.79 Å². The maximum absolute atomic E-state index is 10.9. The van der Waals surface area contributed by atoms with Crippen LogP contribution in [0.2, 0.25) is 5.02 Å². The predicted octanol–water partition coefficient (Wildman–Crippen LogP) is 2.48. The zero-order valence-electron chi connectivity index (χ0n) is 7.83. The van der Waals surface area contributed by atoms with E-state index in [2.05, 4.69) is 15.3 Å². The summed E-state index contributed by atoms with van der Waals surface area (Å²) in [6.07, 6.45) is 0. The quantitative estimate of drug-likeness (QED) is 0.507. The van der Waals surface area contributed by atoms with Crippen LogP contribution in [0.1, 0.15) is 0 Å². The van der Waals surface area contributed by atoms with Crippen LogP contribution in [0, 0.1) is 0 Å². The molecule has 0 saturated carbocycles. The second-order valence-electron chi connectivity index (χ2n) is 2.49. The smallest absolute Gasteiger partial charge is 0.370 e. The molecule has 0 unspecified atom stereocenters. The third kappa shape index (κ3) is 3.42. The lowest BCUT2D eigenvalue weighted by Gasteiger charge is -2.02. The van der Waals surface area contributed by atoms with Gasteiger partial charge in [0.1, 0.15) is 0 Å². The molecule has 0 heterocycles. The average Bonchev–Trinajstić information content (AvgIpc) is 2.26. The minimum absolute atomic E-state index is 0.294. The van der Waals surface area contributed by atoms with Crippen molar-refractivity contribution < 1.29 is 9.53 Å². The van der Waals surface area contributed by atoms with E-state index in [1.807, 2.05) is 0 Å². The molecule has 0 aliphatic rings. The summed E-state index contributed by atoms with van der Waals surface area (Å²) in [5.41, 5.74) is 3.11. The van der Waals surface area contributed by atoms with Crippen molar-refractivity contribution in [3.8, 4) is 0 Å². The van der Waals surface area contributed by atoms with Gasteiger partial charge in [-0.2, -0.15) is 5.10 Å². The van der Waals surface area contributed by atoms with E-state index in [0.29, 0.717) is 10.7 Å². The fourth-order valence-electron chi connectivity index (χ4n) is 0.791. The standard InChI is InChI=1S/C9H8Cl2N2O2/c1-15-9(14)8(11)13-12-7-5-3-2-4-6(7)10/h2-5,12H,1H3. The number of carbonyl (C=O) groups is 1. The molecule has 1 aromatic rings. The van der Waals surface area contributed by atoms with Crippen molar-refractivity contribution in [3.05, 3.63) is 29.3 Å². The largest absolute Gasteiger partial charge is 0.464 e. The summed E-state index contributed by atoms with van der Waals surface area (Å²) in [5, 5.41) is 3.79. The average molecular weight is 247 g/mol. The molecule has 1 N–H and O–H groups in total. The Morgan fingerprint density at radius 2 is 2.13 bits per heavy atom. The molecule has 1 rings (SSSR count). The van der Waals surface area contributed by atoms with Gasteiger partial charge < -0.3 is 4.74 Å². The van der Waals surface area contributed by atoms with E-state index in [4.69, 9.17) is 23.2 Å². The molecule has 4 nitrogen and oxygen atoms in total. The van der Waals surface area contributed by atoms with Crippen LogP contribution < -0.4 is 5.43 Å². The number of nitrogens with zero attached hydrogens (tertiary/aromatic N) is 1. The van der Waals surface area contributed by atoms with Gasteiger partial charge in [-0.05, 0) is 12.1 Å². The monoisotopic (exact) mass is 246 g/mol. The van der Waals surface area contributed by atoms with Gasteiger partial charge in [0, 0.05) is 0 Å². The number of benzene rings is 1. The number of para-hydroxylation sites is 1. The third-order valence-electron chi connectivity index (χ3n) is 1.50. The number of anilines is 1. The van der Waals surface area contributed by atoms with Gasteiger partial charge in [0.05, 0.1) is 17.8 Å². The molecule has 0 aliphatic heterocycles. The normalized spacial score (nSPS) is 11.0. The van der Waals surface area contributed by atoms with E-state index < -0.39 is 5.97 Å². The first-order valence-corrected chi connectivity index (χ1v) is 4.72. The van der Waals surface area contributed by atoms with Crippen LogP contribution in [0.15, 0.2) is 29.4 Å². The molecule has 15 heavy (non-hydrogen) atoms. The van der Waals surface area contributed by atoms with Gasteiger partial charge in [-0.25, -0.2) is 4.79 Å². The number of hydrogen-bond acceptors (Lipinski definition) is 4. The van der Waals surface area contributed by atoms with Crippen LogP contribution in [-0.2, 0) is 9.53 Å². The molecule has 0 amide bonds. The lowest BCUT2D eigenvalue weighted by atomic mass is 10.3. The van der Waals surface area contributed by atoms with Crippen molar-refractivity contribution in [2.75, 3.05) is 12.5 Å². The number of hydrazone groups is 1.